The van der Waals surface area contributed by atoms with E-state index in [2.05, 4.69) is 21.2 Å². The standard InChI is InChI=1S/C27H29BrN2O9/c1-4-9-38-20-8-7-16(12-21(20)36-5-2)14-30-26(34)18(25(33)29-27(30)35)10-17-11-19(28)24(39-15-23(31)32)22(13-17)37-6-3/h7-8,10-13H,4-6,9,14-15H2,1-3H3,(H,31,32)(H,29,33,35)/b18-10+. The Morgan fingerprint density at radius 2 is 1.69 bits per heavy atom. The maximum absolute atomic E-state index is 13.3. The second-order valence-electron chi connectivity index (χ2n) is 8.22. The minimum atomic E-state index is -1.17. The fourth-order valence-corrected chi connectivity index (χ4v) is 4.22. The van der Waals surface area contributed by atoms with Gasteiger partial charge in [-0.15, -0.1) is 0 Å². The summed E-state index contributed by atoms with van der Waals surface area (Å²) < 4.78 is 22.6. The first-order valence-electron chi connectivity index (χ1n) is 12.3. The molecule has 0 atom stereocenters. The molecule has 208 valence electrons. The molecule has 1 fully saturated rings. The quantitative estimate of drug-likeness (QED) is 0.254. The molecule has 2 N–H and O–H groups in total. The number of carbonyl (C=O) groups is 4. The third kappa shape index (κ3) is 7.50. The van der Waals surface area contributed by atoms with Gasteiger partial charge in [0.25, 0.3) is 11.8 Å². The number of amides is 4. The number of benzene rings is 2. The van der Waals surface area contributed by atoms with Crippen LogP contribution in [-0.4, -0.2) is 60.2 Å². The summed E-state index contributed by atoms with van der Waals surface area (Å²) >= 11 is 3.32. The number of carbonyl (C=O) groups excluding carboxylic acids is 3. The molecule has 1 aliphatic heterocycles. The molecule has 1 heterocycles. The number of carboxylic acid groups (broad SMARTS) is 1. The monoisotopic (exact) mass is 604 g/mol. The molecule has 2 aromatic carbocycles. The van der Waals surface area contributed by atoms with Crippen molar-refractivity contribution in [3.05, 3.63) is 51.5 Å². The van der Waals surface area contributed by atoms with E-state index >= 15 is 0 Å². The normalized spacial score (nSPS) is 14.3. The van der Waals surface area contributed by atoms with Gasteiger partial charge in [-0.3, -0.25) is 19.8 Å². The molecule has 11 nitrogen and oxygen atoms in total. The first-order valence-corrected chi connectivity index (χ1v) is 13.1. The molecule has 0 radical (unpaired) electrons. The molecule has 0 spiro atoms. The maximum Gasteiger partial charge on any atom is 0.341 e. The van der Waals surface area contributed by atoms with E-state index in [4.69, 9.17) is 24.1 Å². The summed E-state index contributed by atoms with van der Waals surface area (Å²) in [6.45, 7) is 6.02. The summed E-state index contributed by atoms with van der Waals surface area (Å²) in [4.78, 5) is 50.4. The molecule has 12 heteroatoms. The Kier molecular flexibility index (Phi) is 10.3. The zero-order valence-corrected chi connectivity index (χ0v) is 23.3. The van der Waals surface area contributed by atoms with Gasteiger partial charge in [0, 0.05) is 0 Å². The molecule has 0 aliphatic carbocycles. The van der Waals surface area contributed by atoms with Crippen molar-refractivity contribution in [1.82, 2.24) is 10.2 Å². The predicted molar refractivity (Wildman–Crippen MR) is 144 cm³/mol. The van der Waals surface area contributed by atoms with Crippen LogP contribution in [0.3, 0.4) is 0 Å². The molecule has 1 aliphatic rings. The second-order valence-corrected chi connectivity index (χ2v) is 9.07. The molecule has 0 saturated carbocycles. The average Bonchev–Trinajstić information content (AvgIpc) is 2.88. The summed E-state index contributed by atoms with van der Waals surface area (Å²) in [5.74, 6) is -1.38. The lowest BCUT2D eigenvalue weighted by atomic mass is 10.1. The van der Waals surface area contributed by atoms with Crippen molar-refractivity contribution >= 4 is 45.8 Å². The van der Waals surface area contributed by atoms with Crippen molar-refractivity contribution in [1.29, 1.82) is 0 Å². The number of halogens is 1. The smallest absolute Gasteiger partial charge is 0.341 e. The largest absolute Gasteiger partial charge is 0.490 e. The predicted octanol–water partition coefficient (Wildman–Crippen LogP) is 4.16. The molecule has 1 saturated heterocycles. The second kappa shape index (κ2) is 13.7. The number of rotatable bonds is 13. The van der Waals surface area contributed by atoms with Crippen LogP contribution in [0.2, 0.25) is 0 Å². The molecule has 0 aromatic heterocycles. The Hall–Kier alpha value is -4.06. The summed E-state index contributed by atoms with van der Waals surface area (Å²) in [7, 11) is 0. The minimum Gasteiger partial charge on any atom is -0.490 e. The molecule has 0 bridgehead atoms. The number of urea groups is 1. The fraction of sp³-hybridized carbons (Fsp3) is 0.333. The van der Waals surface area contributed by atoms with Gasteiger partial charge in [0.05, 0.1) is 30.8 Å². The fourth-order valence-electron chi connectivity index (χ4n) is 3.65. The Bertz CT molecular complexity index is 1290. The topological polar surface area (TPSA) is 141 Å². The van der Waals surface area contributed by atoms with Crippen LogP contribution in [0.15, 0.2) is 40.4 Å². The van der Waals surface area contributed by atoms with Gasteiger partial charge in [-0.25, -0.2) is 9.59 Å². The van der Waals surface area contributed by atoms with Crippen LogP contribution >= 0.6 is 15.9 Å². The van der Waals surface area contributed by atoms with Gasteiger partial charge in [0.1, 0.15) is 5.57 Å². The zero-order valence-electron chi connectivity index (χ0n) is 21.7. The Morgan fingerprint density at radius 1 is 0.974 bits per heavy atom. The first kappa shape index (κ1) is 29.5. The van der Waals surface area contributed by atoms with Gasteiger partial charge in [0.15, 0.2) is 29.6 Å². The van der Waals surface area contributed by atoms with Gasteiger partial charge in [-0.05, 0) is 77.7 Å². The zero-order chi connectivity index (χ0) is 28.5. The third-order valence-corrected chi connectivity index (χ3v) is 5.87. The van der Waals surface area contributed by atoms with Crippen LogP contribution < -0.4 is 24.3 Å². The highest BCUT2D eigenvalue weighted by Crippen LogP contribution is 2.38. The Morgan fingerprint density at radius 3 is 2.36 bits per heavy atom. The lowest BCUT2D eigenvalue weighted by Gasteiger charge is -2.26. The van der Waals surface area contributed by atoms with Crippen molar-refractivity contribution < 1.29 is 43.2 Å². The Balaban J connectivity index is 1.91. The number of imide groups is 2. The number of hydrogen-bond donors (Lipinski definition) is 2. The average molecular weight is 605 g/mol. The maximum atomic E-state index is 13.3. The Labute approximate surface area is 233 Å². The van der Waals surface area contributed by atoms with Crippen LogP contribution in [0.5, 0.6) is 23.0 Å². The van der Waals surface area contributed by atoms with Crippen LogP contribution in [-0.2, 0) is 20.9 Å². The van der Waals surface area contributed by atoms with E-state index in [0.29, 0.717) is 40.3 Å². The molecule has 39 heavy (non-hydrogen) atoms. The number of nitrogens with zero attached hydrogens (tertiary/aromatic N) is 1. The van der Waals surface area contributed by atoms with Gasteiger partial charge in [-0.1, -0.05) is 13.0 Å². The number of hydrogen-bond acceptors (Lipinski definition) is 8. The van der Waals surface area contributed by atoms with Crippen molar-refractivity contribution in [2.24, 2.45) is 0 Å². The van der Waals surface area contributed by atoms with Crippen LogP contribution in [0, 0.1) is 0 Å². The summed E-state index contributed by atoms with van der Waals surface area (Å²) in [5, 5.41) is 11.1. The minimum absolute atomic E-state index is 0.112. The van der Waals surface area contributed by atoms with E-state index < -0.39 is 30.4 Å². The number of ether oxygens (including phenoxy) is 4. The molecule has 3 rings (SSSR count). The summed E-state index contributed by atoms with van der Waals surface area (Å²) in [6.07, 6.45) is 2.14. The highest BCUT2D eigenvalue weighted by Gasteiger charge is 2.36. The van der Waals surface area contributed by atoms with Gasteiger partial charge >= 0.3 is 12.0 Å². The molecular formula is C27H29BrN2O9. The highest BCUT2D eigenvalue weighted by molar-refractivity contribution is 9.10. The number of nitrogens with one attached hydrogen (secondary N) is 1. The van der Waals surface area contributed by atoms with Crippen molar-refractivity contribution in [3.8, 4) is 23.0 Å². The van der Waals surface area contributed by atoms with Gasteiger partial charge in [-0.2, -0.15) is 0 Å². The van der Waals surface area contributed by atoms with E-state index in [1.54, 1.807) is 25.1 Å². The number of carboxylic acids is 1. The third-order valence-electron chi connectivity index (χ3n) is 5.28. The number of aliphatic carboxylic acids is 1. The van der Waals surface area contributed by atoms with Crippen LogP contribution in [0.1, 0.15) is 38.3 Å². The lowest BCUT2D eigenvalue weighted by Crippen LogP contribution is -2.53. The van der Waals surface area contributed by atoms with Gasteiger partial charge < -0.3 is 24.1 Å². The SMILES string of the molecule is CCCOc1ccc(CN2C(=O)NC(=O)/C(=C\c3cc(Br)c(OCC(=O)O)c(OCC)c3)C2=O)cc1OCC. The van der Waals surface area contributed by atoms with Crippen molar-refractivity contribution in [2.75, 3.05) is 26.4 Å². The molecule has 4 amide bonds. The van der Waals surface area contributed by atoms with Crippen LogP contribution in [0.4, 0.5) is 4.79 Å². The highest BCUT2D eigenvalue weighted by atomic mass is 79.9. The van der Waals surface area contributed by atoms with Gasteiger partial charge in [0.2, 0.25) is 0 Å². The van der Waals surface area contributed by atoms with Crippen LogP contribution in [0.25, 0.3) is 6.08 Å². The molecular weight excluding hydrogens is 576 g/mol. The summed E-state index contributed by atoms with van der Waals surface area (Å²) in [5.41, 5.74) is 0.716. The molecule has 2 aromatic rings. The first-order chi connectivity index (χ1) is 18.7. The van der Waals surface area contributed by atoms with E-state index in [1.165, 1.54) is 18.2 Å². The summed E-state index contributed by atoms with van der Waals surface area (Å²) in [6, 6.07) is 7.32. The van der Waals surface area contributed by atoms with E-state index in [0.717, 1.165) is 11.3 Å². The lowest BCUT2D eigenvalue weighted by molar-refractivity contribution is -0.139. The van der Waals surface area contributed by atoms with Crippen molar-refractivity contribution in [2.45, 2.75) is 33.7 Å². The van der Waals surface area contributed by atoms with E-state index in [-0.39, 0.29) is 30.2 Å². The van der Waals surface area contributed by atoms with Crippen molar-refractivity contribution in [3.63, 3.8) is 0 Å². The van der Waals surface area contributed by atoms with E-state index in [9.17, 15) is 19.2 Å². The number of barbiturate groups is 1. The molecule has 0 unspecified atom stereocenters. The van der Waals surface area contributed by atoms with E-state index in [1.807, 2.05) is 13.8 Å².